The van der Waals surface area contributed by atoms with Crippen LogP contribution in [0.5, 0.6) is 0 Å². The molecule has 0 saturated carbocycles. The minimum atomic E-state index is -0.0983. The number of aryl methyl sites for hydroxylation is 2. The molecular weight excluding hydrogens is 380 g/mol. The Bertz CT molecular complexity index is 1160. The molecule has 0 unspecified atom stereocenters. The summed E-state index contributed by atoms with van der Waals surface area (Å²) in [4.78, 5) is 37.9. The van der Waals surface area contributed by atoms with E-state index >= 15 is 0 Å². The van der Waals surface area contributed by atoms with Crippen LogP contribution in [0.1, 0.15) is 20.7 Å². The topological polar surface area (TPSA) is 76.3 Å². The van der Waals surface area contributed by atoms with E-state index in [9.17, 15) is 9.59 Å². The van der Waals surface area contributed by atoms with Crippen LogP contribution in [0.2, 0.25) is 0 Å². The zero-order valence-corrected chi connectivity index (χ0v) is 17.5. The Hall–Kier alpha value is -3.68. The molecule has 8 nitrogen and oxygen atoms in total. The fourth-order valence-corrected chi connectivity index (χ4v) is 3.68. The van der Waals surface area contributed by atoms with E-state index in [4.69, 9.17) is 0 Å². The maximum atomic E-state index is 13.0. The van der Waals surface area contributed by atoms with Crippen molar-refractivity contribution in [2.75, 3.05) is 27.2 Å². The lowest BCUT2D eigenvalue weighted by molar-refractivity contribution is 0.0720. The summed E-state index contributed by atoms with van der Waals surface area (Å²) in [6, 6.07) is 11.1. The fraction of sp³-hybridized carbons (Fsp3) is 0.273. The van der Waals surface area contributed by atoms with E-state index in [1.807, 2.05) is 47.5 Å². The van der Waals surface area contributed by atoms with Crippen molar-refractivity contribution in [1.29, 1.82) is 0 Å². The summed E-state index contributed by atoms with van der Waals surface area (Å²) in [5.41, 5.74) is 4.39. The van der Waals surface area contributed by atoms with Gasteiger partial charge >= 0.3 is 0 Å². The second kappa shape index (κ2) is 7.62. The zero-order valence-electron chi connectivity index (χ0n) is 17.5. The van der Waals surface area contributed by atoms with Crippen molar-refractivity contribution in [2.45, 2.75) is 0 Å². The minimum Gasteiger partial charge on any atom is -0.340 e. The van der Waals surface area contributed by atoms with Gasteiger partial charge in [-0.1, -0.05) is 12.1 Å². The number of nitrogens with zero attached hydrogens (tertiary/aromatic N) is 6. The summed E-state index contributed by atoms with van der Waals surface area (Å²) >= 11 is 0. The number of likely N-dealkylation sites (N-methyl/N-ethyl adjacent to an activating group) is 2. The minimum absolute atomic E-state index is 0.0983. The molecule has 0 spiro atoms. The Kier molecular flexibility index (Phi) is 4.99. The maximum absolute atomic E-state index is 13.0. The van der Waals surface area contributed by atoms with Crippen LogP contribution in [-0.4, -0.2) is 67.9 Å². The molecule has 4 aromatic rings. The summed E-state index contributed by atoms with van der Waals surface area (Å²) in [5, 5.41) is 0. The van der Waals surface area contributed by atoms with Crippen LogP contribution in [0.15, 0.2) is 49.1 Å². The highest BCUT2D eigenvalue weighted by Crippen LogP contribution is 2.20. The van der Waals surface area contributed by atoms with Crippen molar-refractivity contribution in [3.63, 3.8) is 0 Å². The van der Waals surface area contributed by atoms with E-state index in [1.54, 1.807) is 48.7 Å². The first-order valence-electron chi connectivity index (χ1n) is 9.69. The normalized spacial score (nSPS) is 11.2. The van der Waals surface area contributed by atoms with E-state index in [0.717, 1.165) is 22.1 Å². The SMILES string of the molecule is CN(CCN(C)C(=O)c1cccc2ncn(C)c12)C(=O)c1cccc2ncn(C)c12. The van der Waals surface area contributed by atoms with Crippen molar-refractivity contribution in [1.82, 2.24) is 28.9 Å². The number of para-hydroxylation sites is 2. The van der Waals surface area contributed by atoms with Gasteiger partial charge in [-0.3, -0.25) is 9.59 Å². The second-order valence-electron chi connectivity index (χ2n) is 7.51. The van der Waals surface area contributed by atoms with Gasteiger partial charge in [0.05, 0.1) is 45.8 Å². The molecule has 154 valence electrons. The van der Waals surface area contributed by atoms with Crippen LogP contribution >= 0.6 is 0 Å². The quantitative estimate of drug-likeness (QED) is 0.512. The molecular formula is C22H24N6O2. The molecule has 0 atom stereocenters. The molecule has 2 amide bonds. The van der Waals surface area contributed by atoms with Gasteiger partial charge in [0.15, 0.2) is 0 Å². The van der Waals surface area contributed by atoms with Crippen molar-refractivity contribution < 1.29 is 9.59 Å². The summed E-state index contributed by atoms with van der Waals surface area (Å²) < 4.78 is 3.70. The standard InChI is InChI=1S/C22H24N6O2/c1-25(21(29)15-7-5-9-17-19(15)27(3)13-23-17)11-12-26(2)22(30)16-8-6-10-18-20(16)28(4)14-24-18/h5-10,13-14H,11-12H2,1-4H3. The fourth-order valence-electron chi connectivity index (χ4n) is 3.68. The van der Waals surface area contributed by atoms with Crippen LogP contribution in [0.4, 0.5) is 0 Å². The highest BCUT2D eigenvalue weighted by Gasteiger charge is 2.20. The van der Waals surface area contributed by atoms with E-state index in [0.29, 0.717) is 24.2 Å². The van der Waals surface area contributed by atoms with Gasteiger partial charge in [-0.05, 0) is 24.3 Å². The van der Waals surface area contributed by atoms with Crippen LogP contribution in [0.3, 0.4) is 0 Å². The molecule has 0 radical (unpaired) electrons. The molecule has 4 rings (SSSR count). The Morgan fingerprint density at radius 3 is 1.57 bits per heavy atom. The predicted octanol–water partition coefficient (Wildman–Crippen LogP) is 2.30. The molecule has 0 N–H and O–H groups in total. The largest absolute Gasteiger partial charge is 0.340 e. The molecule has 2 heterocycles. The first kappa shape index (κ1) is 19.6. The highest BCUT2D eigenvalue weighted by molar-refractivity contribution is 6.06. The molecule has 0 aliphatic carbocycles. The number of benzene rings is 2. The number of hydrogen-bond acceptors (Lipinski definition) is 4. The van der Waals surface area contributed by atoms with Gasteiger partial charge < -0.3 is 18.9 Å². The molecule has 0 aliphatic rings. The number of rotatable bonds is 5. The van der Waals surface area contributed by atoms with Crippen molar-refractivity contribution in [3.8, 4) is 0 Å². The van der Waals surface area contributed by atoms with Gasteiger partial charge in [-0.25, -0.2) is 9.97 Å². The number of fused-ring (bicyclic) bond motifs is 2. The lowest BCUT2D eigenvalue weighted by Gasteiger charge is -2.23. The number of aromatic nitrogens is 4. The number of carbonyl (C=O) groups is 2. The average Bonchev–Trinajstić information content (AvgIpc) is 3.33. The van der Waals surface area contributed by atoms with Crippen molar-refractivity contribution >= 4 is 33.9 Å². The van der Waals surface area contributed by atoms with Crippen LogP contribution < -0.4 is 0 Å². The number of amides is 2. The highest BCUT2D eigenvalue weighted by atomic mass is 16.2. The third-order valence-electron chi connectivity index (χ3n) is 5.40. The Morgan fingerprint density at radius 2 is 1.17 bits per heavy atom. The van der Waals surface area contributed by atoms with Gasteiger partial charge in [0.1, 0.15) is 0 Å². The Morgan fingerprint density at radius 1 is 0.767 bits per heavy atom. The maximum Gasteiger partial charge on any atom is 0.255 e. The van der Waals surface area contributed by atoms with Crippen molar-refractivity contribution in [3.05, 3.63) is 60.2 Å². The van der Waals surface area contributed by atoms with Crippen LogP contribution in [0, 0.1) is 0 Å². The average molecular weight is 404 g/mol. The molecule has 2 aromatic heterocycles. The predicted molar refractivity (Wildman–Crippen MR) is 115 cm³/mol. The zero-order chi connectivity index (χ0) is 21.4. The third kappa shape index (κ3) is 3.30. The van der Waals surface area contributed by atoms with E-state index in [1.165, 1.54) is 0 Å². The van der Waals surface area contributed by atoms with Crippen LogP contribution in [0.25, 0.3) is 22.1 Å². The number of hydrogen-bond donors (Lipinski definition) is 0. The van der Waals surface area contributed by atoms with Gasteiger partial charge in [-0.2, -0.15) is 0 Å². The second-order valence-corrected chi connectivity index (χ2v) is 7.51. The van der Waals surface area contributed by atoms with Crippen LogP contribution in [-0.2, 0) is 14.1 Å². The number of imidazole rings is 2. The molecule has 0 aliphatic heterocycles. The van der Waals surface area contributed by atoms with Gasteiger partial charge in [-0.15, -0.1) is 0 Å². The van der Waals surface area contributed by atoms with Crippen molar-refractivity contribution in [2.24, 2.45) is 14.1 Å². The number of carbonyl (C=O) groups excluding carboxylic acids is 2. The monoisotopic (exact) mass is 404 g/mol. The first-order chi connectivity index (χ1) is 14.4. The lowest BCUT2D eigenvalue weighted by Crippen LogP contribution is -2.37. The van der Waals surface area contributed by atoms with E-state index in [2.05, 4.69) is 9.97 Å². The molecule has 2 aromatic carbocycles. The molecule has 8 heteroatoms. The van der Waals surface area contributed by atoms with E-state index in [-0.39, 0.29) is 11.8 Å². The smallest absolute Gasteiger partial charge is 0.255 e. The summed E-state index contributed by atoms with van der Waals surface area (Å²) in [6.07, 6.45) is 3.40. The molecule has 30 heavy (non-hydrogen) atoms. The first-order valence-corrected chi connectivity index (χ1v) is 9.69. The van der Waals surface area contributed by atoms with E-state index < -0.39 is 0 Å². The molecule has 0 fully saturated rings. The summed E-state index contributed by atoms with van der Waals surface area (Å²) in [6.45, 7) is 0.827. The third-order valence-corrected chi connectivity index (χ3v) is 5.40. The lowest BCUT2D eigenvalue weighted by atomic mass is 10.1. The van der Waals surface area contributed by atoms with Gasteiger partial charge in [0.25, 0.3) is 11.8 Å². The molecule has 0 saturated heterocycles. The summed E-state index contributed by atoms with van der Waals surface area (Å²) in [7, 11) is 7.24. The van der Waals surface area contributed by atoms with Gasteiger partial charge in [0, 0.05) is 41.3 Å². The Labute approximate surface area is 174 Å². The summed E-state index contributed by atoms with van der Waals surface area (Å²) in [5.74, 6) is -0.197. The molecule has 0 bridgehead atoms. The Balaban J connectivity index is 1.48. The van der Waals surface area contributed by atoms with Gasteiger partial charge in [0.2, 0.25) is 0 Å².